The summed E-state index contributed by atoms with van der Waals surface area (Å²) >= 11 is 1.15. The summed E-state index contributed by atoms with van der Waals surface area (Å²) in [4.78, 5) is 43.2. The number of aryl methyl sites for hydroxylation is 1. The largest absolute Gasteiger partial charge is 0.467 e. The van der Waals surface area contributed by atoms with Gasteiger partial charge in [-0.2, -0.15) is 0 Å². The van der Waals surface area contributed by atoms with Crippen LogP contribution in [0.25, 0.3) is 0 Å². The standard InChI is InChI=1S/C18H21N3O4S/c1-4-13(26-18-19-11(2)10-14(22)20-18)16(23)21-15(17(24)25-3)12-8-6-5-7-9-12/h5-10,13,15H,4H2,1-3H3,(H,21,23)(H,19,20,22)/t13-,15-/m0/s1. The maximum absolute atomic E-state index is 12.7. The fourth-order valence-corrected chi connectivity index (χ4v) is 3.31. The number of aromatic nitrogens is 2. The third-order valence-electron chi connectivity index (χ3n) is 3.62. The van der Waals surface area contributed by atoms with Crippen LogP contribution in [0.2, 0.25) is 0 Å². The number of thioether (sulfide) groups is 1. The Morgan fingerprint density at radius 1 is 1.31 bits per heavy atom. The van der Waals surface area contributed by atoms with Gasteiger partial charge < -0.3 is 15.0 Å². The molecule has 7 nitrogen and oxygen atoms in total. The van der Waals surface area contributed by atoms with Gasteiger partial charge in [-0.1, -0.05) is 49.0 Å². The van der Waals surface area contributed by atoms with Crippen LogP contribution in [0.3, 0.4) is 0 Å². The number of carbonyl (C=O) groups excluding carboxylic acids is 2. The molecule has 2 atom stereocenters. The van der Waals surface area contributed by atoms with E-state index in [-0.39, 0.29) is 11.5 Å². The van der Waals surface area contributed by atoms with Gasteiger partial charge in [0, 0.05) is 11.8 Å². The molecule has 8 heteroatoms. The normalized spacial score (nSPS) is 12.9. The second kappa shape index (κ2) is 9.19. The number of nitrogens with one attached hydrogen (secondary N) is 2. The SMILES string of the molecule is CC[C@H](Sc1nc(C)cc(=O)[nH]1)C(=O)N[C@H](C(=O)OC)c1ccccc1. The van der Waals surface area contributed by atoms with Crippen molar-refractivity contribution in [1.29, 1.82) is 0 Å². The smallest absolute Gasteiger partial charge is 0.333 e. The molecule has 26 heavy (non-hydrogen) atoms. The molecule has 138 valence electrons. The molecular formula is C18H21N3O4S. The molecule has 0 unspecified atom stereocenters. The second-order valence-corrected chi connectivity index (χ2v) is 6.77. The number of nitrogens with zero attached hydrogens (tertiary/aromatic N) is 1. The highest BCUT2D eigenvalue weighted by molar-refractivity contribution is 8.00. The number of H-pyrrole nitrogens is 1. The van der Waals surface area contributed by atoms with Gasteiger partial charge in [0.25, 0.3) is 5.56 Å². The summed E-state index contributed by atoms with van der Waals surface area (Å²) in [6.45, 7) is 3.56. The highest BCUT2D eigenvalue weighted by Crippen LogP contribution is 2.23. The molecule has 0 aliphatic heterocycles. The van der Waals surface area contributed by atoms with Gasteiger partial charge in [-0.25, -0.2) is 9.78 Å². The van der Waals surface area contributed by atoms with Crippen molar-refractivity contribution in [2.45, 2.75) is 36.7 Å². The lowest BCUT2D eigenvalue weighted by Crippen LogP contribution is -2.39. The molecule has 1 aromatic heterocycles. The Bertz CT molecular complexity index is 823. The first-order valence-electron chi connectivity index (χ1n) is 8.12. The maximum atomic E-state index is 12.7. The molecule has 0 fully saturated rings. The minimum atomic E-state index is -0.895. The van der Waals surface area contributed by atoms with Crippen LogP contribution in [0.5, 0.6) is 0 Å². The molecular weight excluding hydrogens is 354 g/mol. The number of carbonyl (C=O) groups is 2. The molecule has 0 radical (unpaired) electrons. The topological polar surface area (TPSA) is 101 Å². The number of hydrogen-bond donors (Lipinski definition) is 2. The van der Waals surface area contributed by atoms with Gasteiger partial charge in [0.05, 0.1) is 12.4 Å². The van der Waals surface area contributed by atoms with Crippen molar-refractivity contribution in [3.8, 4) is 0 Å². The minimum Gasteiger partial charge on any atom is -0.467 e. The van der Waals surface area contributed by atoms with Gasteiger partial charge in [0.1, 0.15) is 0 Å². The van der Waals surface area contributed by atoms with Gasteiger partial charge >= 0.3 is 5.97 Å². The summed E-state index contributed by atoms with van der Waals surface area (Å²) in [6, 6.07) is 9.37. The van der Waals surface area contributed by atoms with Crippen LogP contribution in [-0.4, -0.2) is 34.2 Å². The summed E-state index contributed by atoms with van der Waals surface area (Å²) in [6.07, 6.45) is 0.497. The van der Waals surface area contributed by atoms with Crippen molar-refractivity contribution in [2.24, 2.45) is 0 Å². The highest BCUT2D eigenvalue weighted by Gasteiger charge is 2.27. The van der Waals surface area contributed by atoms with E-state index in [1.807, 2.05) is 13.0 Å². The van der Waals surface area contributed by atoms with Crippen LogP contribution in [0.4, 0.5) is 0 Å². The first-order valence-corrected chi connectivity index (χ1v) is 9.00. The zero-order valence-electron chi connectivity index (χ0n) is 14.8. The van der Waals surface area contributed by atoms with Crippen LogP contribution in [0.1, 0.15) is 30.6 Å². The van der Waals surface area contributed by atoms with Crippen molar-refractivity contribution in [3.05, 3.63) is 58.0 Å². The predicted octanol–water partition coefficient (Wildman–Crippen LogP) is 1.98. The Kier molecular flexibility index (Phi) is 6.97. The lowest BCUT2D eigenvalue weighted by molar-refractivity contribution is -0.145. The first kappa shape index (κ1) is 19.7. The number of hydrogen-bond acceptors (Lipinski definition) is 6. The minimum absolute atomic E-state index is 0.271. The van der Waals surface area contributed by atoms with E-state index in [4.69, 9.17) is 4.74 Å². The third kappa shape index (κ3) is 5.19. The number of ether oxygens (including phenoxy) is 1. The Hall–Kier alpha value is -2.61. The summed E-state index contributed by atoms with van der Waals surface area (Å²) < 4.78 is 4.81. The van der Waals surface area contributed by atoms with Gasteiger partial charge in [-0.3, -0.25) is 9.59 Å². The van der Waals surface area contributed by atoms with E-state index < -0.39 is 17.3 Å². The van der Waals surface area contributed by atoms with E-state index in [1.54, 1.807) is 31.2 Å². The summed E-state index contributed by atoms with van der Waals surface area (Å²) in [5.74, 6) is -0.882. The van der Waals surface area contributed by atoms with E-state index in [0.717, 1.165) is 11.8 Å². The van der Waals surface area contributed by atoms with Gasteiger partial charge in [0.2, 0.25) is 5.91 Å². The Labute approximate surface area is 155 Å². The van der Waals surface area contributed by atoms with Crippen molar-refractivity contribution >= 4 is 23.6 Å². The van der Waals surface area contributed by atoms with E-state index in [9.17, 15) is 14.4 Å². The van der Waals surface area contributed by atoms with Crippen LogP contribution >= 0.6 is 11.8 Å². The van der Waals surface area contributed by atoms with Crippen molar-refractivity contribution in [1.82, 2.24) is 15.3 Å². The average Bonchev–Trinajstić information content (AvgIpc) is 2.63. The number of esters is 1. The van der Waals surface area contributed by atoms with Crippen LogP contribution in [-0.2, 0) is 14.3 Å². The monoisotopic (exact) mass is 375 g/mol. The summed E-state index contributed by atoms with van der Waals surface area (Å²) in [7, 11) is 1.28. The zero-order valence-corrected chi connectivity index (χ0v) is 15.6. The molecule has 0 aliphatic rings. The number of amides is 1. The lowest BCUT2D eigenvalue weighted by atomic mass is 10.1. The summed E-state index contributed by atoms with van der Waals surface area (Å²) in [5, 5.41) is 2.58. The molecule has 1 heterocycles. The molecule has 0 aliphatic carbocycles. The quantitative estimate of drug-likeness (QED) is 0.436. The van der Waals surface area contributed by atoms with Crippen LogP contribution in [0, 0.1) is 6.92 Å². The molecule has 1 amide bonds. The molecule has 2 N–H and O–H groups in total. The molecule has 0 bridgehead atoms. The van der Waals surface area contributed by atoms with Gasteiger partial charge in [-0.05, 0) is 18.9 Å². The van der Waals surface area contributed by atoms with Crippen molar-refractivity contribution in [3.63, 3.8) is 0 Å². The molecule has 2 aromatic rings. The second-order valence-electron chi connectivity index (χ2n) is 5.58. The number of benzene rings is 1. The van der Waals surface area contributed by atoms with Crippen molar-refractivity contribution < 1.29 is 14.3 Å². The Balaban J connectivity index is 2.17. The maximum Gasteiger partial charge on any atom is 0.333 e. The van der Waals surface area contributed by atoms with E-state index in [0.29, 0.717) is 22.8 Å². The van der Waals surface area contributed by atoms with Gasteiger partial charge in [-0.15, -0.1) is 0 Å². The molecule has 1 aromatic carbocycles. The summed E-state index contributed by atoms with van der Waals surface area (Å²) in [5.41, 5.74) is 0.935. The predicted molar refractivity (Wildman–Crippen MR) is 98.9 cm³/mol. The number of rotatable bonds is 7. The molecule has 2 rings (SSSR count). The number of methoxy groups -OCH3 is 1. The third-order valence-corrected chi connectivity index (χ3v) is 4.87. The molecule has 0 saturated heterocycles. The van der Waals surface area contributed by atoms with E-state index >= 15 is 0 Å². The van der Waals surface area contributed by atoms with E-state index in [2.05, 4.69) is 15.3 Å². The van der Waals surface area contributed by atoms with Gasteiger partial charge in [0.15, 0.2) is 11.2 Å². The Morgan fingerprint density at radius 2 is 2.00 bits per heavy atom. The average molecular weight is 375 g/mol. The first-order chi connectivity index (χ1) is 12.4. The van der Waals surface area contributed by atoms with Crippen molar-refractivity contribution in [2.75, 3.05) is 7.11 Å². The molecule has 0 saturated carbocycles. The van der Waals surface area contributed by atoms with E-state index in [1.165, 1.54) is 13.2 Å². The fourth-order valence-electron chi connectivity index (χ4n) is 2.34. The van der Waals surface area contributed by atoms with Crippen LogP contribution < -0.4 is 10.9 Å². The number of aromatic amines is 1. The van der Waals surface area contributed by atoms with Crippen LogP contribution in [0.15, 0.2) is 46.3 Å². The fraction of sp³-hybridized carbons (Fsp3) is 0.333. The zero-order chi connectivity index (χ0) is 19.1. The Morgan fingerprint density at radius 3 is 2.58 bits per heavy atom. The molecule has 0 spiro atoms. The highest BCUT2D eigenvalue weighted by atomic mass is 32.2. The lowest BCUT2D eigenvalue weighted by Gasteiger charge is -2.20.